The summed E-state index contributed by atoms with van der Waals surface area (Å²) in [5, 5.41) is 0.125. The predicted octanol–water partition coefficient (Wildman–Crippen LogP) is 11.7. The maximum absolute atomic E-state index is 14.0. The van der Waals surface area contributed by atoms with Gasteiger partial charge in [0.05, 0.1) is 30.4 Å². The molecule has 9 heteroatoms. The standard InChI is InChI=1S/C42H74N2O5Si2/c1-29(22-25-36(48-50(15,16)40(5,6)7)33-23-24-35-34(28-33)43-32(4)44(35)13)20-19-21-30(2)38(49-51(17,18)41(8,9)10)31(3)39(46)42(11,12)27-26-37(45)47-14/h22-24,28,30-31,36,38H,19-21,25-27H2,1-18H3/t30-,31+,36-,38-/m0/s1. The van der Waals surface area contributed by atoms with E-state index in [4.69, 9.17) is 18.6 Å². The van der Waals surface area contributed by atoms with Crippen molar-refractivity contribution in [1.82, 2.24) is 9.55 Å². The van der Waals surface area contributed by atoms with Crippen molar-refractivity contribution in [2.75, 3.05) is 7.11 Å². The first-order valence-corrected chi connectivity index (χ1v) is 25.0. The number of ether oxygens (including phenoxy) is 1. The summed E-state index contributed by atoms with van der Waals surface area (Å²) >= 11 is 0. The zero-order chi connectivity index (χ0) is 39.3. The van der Waals surface area contributed by atoms with Crippen LogP contribution in [0, 0.1) is 24.2 Å². The lowest BCUT2D eigenvalue weighted by Crippen LogP contribution is -2.50. The number of hydrogen-bond donors (Lipinski definition) is 0. The van der Waals surface area contributed by atoms with Gasteiger partial charge in [-0.05, 0) is 106 Å². The van der Waals surface area contributed by atoms with Crippen LogP contribution in [-0.2, 0) is 30.2 Å². The zero-order valence-corrected chi connectivity index (χ0v) is 37.8. The highest BCUT2D eigenvalue weighted by atomic mass is 28.4. The Morgan fingerprint density at radius 3 is 2.04 bits per heavy atom. The van der Waals surface area contributed by atoms with E-state index in [0.717, 1.165) is 42.5 Å². The third kappa shape index (κ3) is 12.0. The molecule has 1 aromatic heterocycles. The molecule has 0 saturated carbocycles. The van der Waals surface area contributed by atoms with Crippen molar-refractivity contribution in [3.8, 4) is 0 Å². The maximum atomic E-state index is 14.0. The Bertz CT molecular complexity index is 1510. The molecule has 0 N–H and O–H groups in total. The average molecular weight is 743 g/mol. The maximum Gasteiger partial charge on any atom is 0.305 e. The molecule has 1 aromatic carbocycles. The first-order chi connectivity index (χ1) is 23.1. The van der Waals surface area contributed by atoms with Crippen LogP contribution in [0.1, 0.15) is 132 Å². The van der Waals surface area contributed by atoms with Crippen LogP contribution in [0.15, 0.2) is 29.8 Å². The molecule has 0 unspecified atom stereocenters. The van der Waals surface area contributed by atoms with Crippen molar-refractivity contribution in [1.29, 1.82) is 0 Å². The van der Waals surface area contributed by atoms with E-state index in [1.165, 1.54) is 18.2 Å². The number of nitrogens with zero attached hydrogens (tertiary/aromatic N) is 2. The molecule has 4 atom stereocenters. The van der Waals surface area contributed by atoms with Gasteiger partial charge < -0.3 is 18.2 Å². The molecule has 0 amide bonds. The summed E-state index contributed by atoms with van der Waals surface area (Å²) < 4.78 is 21.2. The van der Waals surface area contributed by atoms with Crippen LogP contribution < -0.4 is 0 Å². The lowest BCUT2D eigenvalue weighted by molar-refractivity contribution is -0.142. The SMILES string of the molecule is COC(=O)CCC(C)(C)C(=O)[C@H](C)[C@@H](O[Si](C)(C)C(C)(C)C)[C@@H](C)CCCC(C)=CC[C@H](O[Si](C)(C)C(C)(C)C)c1ccc2c(c1)nc(C)n2C. The number of hydrogen-bond acceptors (Lipinski definition) is 6. The lowest BCUT2D eigenvalue weighted by atomic mass is 9.74. The molecule has 290 valence electrons. The number of allylic oxidation sites excluding steroid dienone is 1. The second kappa shape index (κ2) is 17.4. The van der Waals surface area contributed by atoms with Crippen molar-refractivity contribution < 1.29 is 23.2 Å². The Morgan fingerprint density at radius 1 is 0.922 bits per heavy atom. The minimum absolute atomic E-state index is 0.0242. The minimum atomic E-state index is -2.17. The molecule has 0 spiro atoms. The number of benzene rings is 1. The topological polar surface area (TPSA) is 79.7 Å². The van der Waals surface area contributed by atoms with Crippen molar-refractivity contribution in [2.24, 2.45) is 24.3 Å². The molecule has 7 nitrogen and oxygen atoms in total. The Kier molecular flexibility index (Phi) is 15.4. The van der Waals surface area contributed by atoms with Crippen molar-refractivity contribution >= 4 is 39.4 Å². The Balaban J connectivity index is 2.26. The van der Waals surface area contributed by atoms with E-state index < -0.39 is 22.0 Å². The molecule has 0 aliphatic rings. The Hall–Kier alpha value is -2.08. The van der Waals surface area contributed by atoms with Crippen molar-refractivity contribution in [3.63, 3.8) is 0 Å². The molecule has 0 aliphatic heterocycles. The van der Waals surface area contributed by atoms with Crippen LogP contribution in [0.4, 0.5) is 0 Å². The third-order valence-electron chi connectivity index (χ3n) is 12.2. The number of carbonyl (C=O) groups excluding carboxylic acids is 2. The normalized spacial score (nSPS) is 16.2. The number of rotatable bonds is 18. The molecule has 51 heavy (non-hydrogen) atoms. The number of Topliss-reactive ketones (excluding diaryl/α,β-unsaturated/α-hetero) is 1. The highest BCUT2D eigenvalue weighted by Gasteiger charge is 2.45. The summed E-state index contributed by atoms with van der Waals surface area (Å²) in [6, 6.07) is 6.61. The summed E-state index contributed by atoms with van der Waals surface area (Å²) in [5.74, 6) is 0.797. The highest BCUT2D eigenvalue weighted by Crippen LogP contribution is 2.43. The number of imidazole rings is 1. The molecule has 0 saturated heterocycles. The van der Waals surface area contributed by atoms with Gasteiger partial charge in [0.1, 0.15) is 11.6 Å². The molecule has 0 aliphatic carbocycles. The number of methoxy groups -OCH3 is 1. The minimum Gasteiger partial charge on any atom is -0.469 e. The summed E-state index contributed by atoms with van der Waals surface area (Å²) in [6.07, 6.45) is 6.61. The number of ketones is 1. The summed E-state index contributed by atoms with van der Waals surface area (Å²) in [4.78, 5) is 30.7. The van der Waals surface area contributed by atoms with E-state index in [-0.39, 0.29) is 52.3 Å². The van der Waals surface area contributed by atoms with Gasteiger partial charge in [-0.2, -0.15) is 0 Å². The van der Waals surface area contributed by atoms with Crippen LogP contribution in [0.5, 0.6) is 0 Å². The van der Waals surface area contributed by atoms with Crippen LogP contribution in [-0.4, -0.2) is 51.2 Å². The van der Waals surface area contributed by atoms with Gasteiger partial charge in [-0.1, -0.05) is 87.0 Å². The van der Waals surface area contributed by atoms with Crippen molar-refractivity contribution in [2.45, 2.75) is 170 Å². The third-order valence-corrected chi connectivity index (χ3v) is 21.2. The van der Waals surface area contributed by atoms with E-state index in [2.05, 4.69) is 117 Å². The number of aryl methyl sites for hydroxylation is 2. The molecular formula is C42H74N2O5Si2. The van der Waals surface area contributed by atoms with E-state index >= 15 is 0 Å². The van der Waals surface area contributed by atoms with Gasteiger partial charge in [-0.3, -0.25) is 9.59 Å². The van der Waals surface area contributed by atoms with E-state index in [9.17, 15) is 9.59 Å². The molecule has 0 bridgehead atoms. The van der Waals surface area contributed by atoms with Crippen LogP contribution >= 0.6 is 0 Å². The van der Waals surface area contributed by atoms with Crippen LogP contribution in [0.2, 0.25) is 36.3 Å². The number of esters is 1. The van der Waals surface area contributed by atoms with E-state index in [0.29, 0.717) is 6.42 Å². The fraction of sp³-hybridized carbons (Fsp3) is 0.738. The van der Waals surface area contributed by atoms with Gasteiger partial charge in [0.2, 0.25) is 0 Å². The fourth-order valence-corrected chi connectivity index (χ4v) is 9.00. The largest absolute Gasteiger partial charge is 0.469 e. The Morgan fingerprint density at radius 2 is 1.49 bits per heavy atom. The van der Waals surface area contributed by atoms with Crippen LogP contribution in [0.3, 0.4) is 0 Å². The molecule has 0 fully saturated rings. The van der Waals surface area contributed by atoms with Gasteiger partial charge in [0, 0.05) is 24.8 Å². The first kappa shape index (κ1) is 45.1. The summed E-state index contributed by atoms with van der Waals surface area (Å²) in [7, 11) is -0.751. The number of aromatic nitrogens is 2. The quantitative estimate of drug-likeness (QED) is 0.0859. The average Bonchev–Trinajstić information content (AvgIpc) is 3.30. The molecular weight excluding hydrogens is 669 g/mol. The smallest absolute Gasteiger partial charge is 0.305 e. The van der Waals surface area contributed by atoms with Gasteiger partial charge in [0.25, 0.3) is 0 Å². The van der Waals surface area contributed by atoms with E-state index in [1.54, 1.807) is 0 Å². The molecule has 2 aromatic rings. The molecule has 0 radical (unpaired) electrons. The van der Waals surface area contributed by atoms with Crippen LogP contribution in [0.25, 0.3) is 11.0 Å². The van der Waals surface area contributed by atoms with Gasteiger partial charge in [-0.25, -0.2) is 4.98 Å². The molecule has 1 heterocycles. The monoisotopic (exact) mass is 743 g/mol. The highest BCUT2D eigenvalue weighted by molar-refractivity contribution is 6.74. The lowest BCUT2D eigenvalue weighted by Gasteiger charge is -2.43. The second-order valence-corrected chi connectivity index (χ2v) is 28.5. The first-order valence-electron chi connectivity index (χ1n) is 19.2. The summed E-state index contributed by atoms with van der Waals surface area (Å²) in [6.45, 7) is 35.3. The number of carbonyl (C=O) groups is 2. The van der Waals surface area contributed by atoms with Gasteiger partial charge >= 0.3 is 5.97 Å². The van der Waals surface area contributed by atoms with Crippen molar-refractivity contribution in [3.05, 3.63) is 41.2 Å². The number of fused-ring (bicyclic) bond motifs is 1. The van der Waals surface area contributed by atoms with Gasteiger partial charge in [0.15, 0.2) is 16.6 Å². The zero-order valence-electron chi connectivity index (χ0n) is 35.8. The van der Waals surface area contributed by atoms with Gasteiger partial charge in [-0.15, -0.1) is 0 Å². The Labute approximate surface area is 314 Å². The van der Waals surface area contributed by atoms with E-state index in [1.807, 2.05) is 27.7 Å². The predicted molar refractivity (Wildman–Crippen MR) is 219 cm³/mol. The molecule has 2 rings (SSSR count). The fourth-order valence-electron chi connectivity index (χ4n) is 6.23. The summed E-state index contributed by atoms with van der Waals surface area (Å²) in [5.41, 5.74) is 4.04. The second-order valence-electron chi connectivity index (χ2n) is 18.9.